The molecule has 0 aliphatic heterocycles. The topological polar surface area (TPSA) is 42.4 Å². The van der Waals surface area contributed by atoms with E-state index in [1.165, 1.54) is 11.8 Å². The van der Waals surface area contributed by atoms with Crippen molar-refractivity contribution in [2.24, 2.45) is 0 Å². The Balaban J connectivity index is 2.79. The number of carbonyl (C=O) groups is 1. The molecule has 0 aliphatic rings. The maximum absolute atomic E-state index is 11.8. The lowest BCUT2D eigenvalue weighted by atomic mass is 10.3. The summed E-state index contributed by atoms with van der Waals surface area (Å²) < 4.78 is 16.4. The van der Waals surface area contributed by atoms with Gasteiger partial charge in [0.2, 0.25) is 5.91 Å². The minimum Gasteiger partial charge on any atom is -0.330 e. The molecule has 0 N–H and O–H groups in total. The quantitative estimate of drug-likeness (QED) is 0.712. The van der Waals surface area contributed by atoms with Crippen LogP contribution in [0, 0.1) is 6.92 Å². The second-order valence-corrected chi connectivity index (χ2v) is 3.05. The highest BCUT2D eigenvalue weighted by Gasteiger charge is 2.11. The first-order chi connectivity index (χ1) is 7.15. The average Bonchev–Trinajstić information content (AvgIpc) is 2.21. The molecule has 4 nitrogen and oxygen atoms in total. The molecule has 1 aromatic rings. The van der Waals surface area contributed by atoms with E-state index in [-0.39, 0.29) is 12.6 Å². The number of aryl methyl sites for hydroxylation is 1. The normalized spacial score (nSPS) is 10.1. The number of ether oxygens (including phenoxy) is 1. The maximum Gasteiger partial charge on any atom is 0.225 e. The van der Waals surface area contributed by atoms with Gasteiger partial charge in [-0.15, -0.1) is 0 Å². The van der Waals surface area contributed by atoms with Crippen molar-refractivity contribution in [3.8, 4) is 0 Å². The summed E-state index contributed by atoms with van der Waals surface area (Å²) in [6.45, 7) is 2.22. The van der Waals surface area contributed by atoms with E-state index in [9.17, 15) is 9.18 Å². The number of hydrogen-bond acceptors (Lipinski definition) is 3. The van der Waals surface area contributed by atoms with Crippen LogP contribution in [0.3, 0.4) is 0 Å². The highest BCUT2D eigenvalue weighted by Crippen LogP contribution is 2.13. The Morgan fingerprint density at radius 1 is 1.60 bits per heavy atom. The predicted molar refractivity (Wildman–Crippen MR) is 54.1 cm³/mol. The largest absolute Gasteiger partial charge is 0.330 e. The van der Waals surface area contributed by atoms with Gasteiger partial charge < -0.3 is 4.74 Å². The Morgan fingerprint density at radius 2 is 2.33 bits per heavy atom. The van der Waals surface area contributed by atoms with Gasteiger partial charge in [0.1, 0.15) is 6.73 Å². The van der Waals surface area contributed by atoms with Crippen LogP contribution in [0.15, 0.2) is 18.3 Å². The number of pyridine rings is 1. The average molecular weight is 212 g/mol. The number of rotatable bonds is 4. The van der Waals surface area contributed by atoms with E-state index in [0.717, 1.165) is 5.69 Å². The summed E-state index contributed by atoms with van der Waals surface area (Å²) >= 11 is 0. The molecule has 0 atom stereocenters. The van der Waals surface area contributed by atoms with Crippen LogP contribution >= 0.6 is 0 Å². The number of hydrogen-bond donors (Lipinski definition) is 0. The Bertz CT molecular complexity index is 327. The first-order valence-electron chi connectivity index (χ1n) is 4.49. The van der Waals surface area contributed by atoms with Gasteiger partial charge in [-0.1, -0.05) is 0 Å². The van der Waals surface area contributed by atoms with Crippen molar-refractivity contribution in [2.75, 3.05) is 18.5 Å². The van der Waals surface area contributed by atoms with Gasteiger partial charge >= 0.3 is 0 Å². The highest BCUT2D eigenvalue weighted by molar-refractivity contribution is 5.90. The molecule has 82 valence electrons. The molecule has 0 saturated carbocycles. The number of aromatic nitrogens is 1. The SMILES string of the molecule is CC(=O)N(COCF)c1ccc(C)nc1. The number of amides is 1. The number of carbonyl (C=O) groups excluding carboxylic acids is 1. The van der Waals surface area contributed by atoms with Crippen LogP contribution in [-0.2, 0) is 9.53 Å². The summed E-state index contributed by atoms with van der Waals surface area (Å²) in [5.74, 6) is -0.214. The molecule has 0 radical (unpaired) electrons. The Hall–Kier alpha value is -1.49. The first kappa shape index (κ1) is 11.6. The monoisotopic (exact) mass is 212 g/mol. The third kappa shape index (κ3) is 3.28. The van der Waals surface area contributed by atoms with Crippen LogP contribution in [0.2, 0.25) is 0 Å². The molecule has 0 fully saturated rings. The molecule has 0 spiro atoms. The molecular formula is C10H13FN2O2. The van der Waals surface area contributed by atoms with Gasteiger partial charge in [-0.25, -0.2) is 4.39 Å². The molecule has 0 unspecified atom stereocenters. The van der Waals surface area contributed by atoms with Crippen LogP contribution in [0.5, 0.6) is 0 Å². The third-order valence-corrected chi connectivity index (χ3v) is 1.89. The number of anilines is 1. The molecule has 15 heavy (non-hydrogen) atoms. The number of halogens is 1. The summed E-state index contributed by atoms with van der Waals surface area (Å²) in [7, 11) is 0. The fraction of sp³-hybridized carbons (Fsp3) is 0.400. The second-order valence-electron chi connectivity index (χ2n) is 3.05. The van der Waals surface area contributed by atoms with Gasteiger partial charge in [-0.2, -0.15) is 0 Å². The zero-order chi connectivity index (χ0) is 11.3. The smallest absolute Gasteiger partial charge is 0.225 e. The summed E-state index contributed by atoms with van der Waals surface area (Å²) in [4.78, 5) is 16.6. The molecule has 1 amide bonds. The standard InChI is InChI=1S/C10H13FN2O2/c1-8-3-4-10(5-12-8)13(9(2)14)7-15-6-11/h3-5H,6-7H2,1-2H3. The lowest BCUT2D eigenvalue weighted by Gasteiger charge is -2.19. The minimum atomic E-state index is -0.914. The van der Waals surface area contributed by atoms with Crippen LogP contribution in [0.1, 0.15) is 12.6 Å². The predicted octanol–water partition coefficient (Wildman–Crippen LogP) is 1.64. The van der Waals surface area contributed by atoms with E-state index >= 15 is 0 Å². The van der Waals surface area contributed by atoms with Crippen molar-refractivity contribution in [1.29, 1.82) is 0 Å². The van der Waals surface area contributed by atoms with Crippen LogP contribution < -0.4 is 4.90 Å². The van der Waals surface area contributed by atoms with E-state index < -0.39 is 6.86 Å². The maximum atomic E-state index is 11.8. The lowest BCUT2D eigenvalue weighted by Crippen LogP contribution is -2.31. The molecule has 1 heterocycles. The third-order valence-electron chi connectivity index (χ3n) is 1.89. The van der Waals surface area contributed by atoms with Crippen LogP contribution in [-0.4, -0.2) is 24.5 Å². The summed E-state index contributed by atoms with van der Waals surface area (Å²) in [5.41, 5.74) is 1.45. The molecule has 0 aromatic carbocycles. The Morgan fingerprint density at radius 3 is 2.80 bits per heavy atom. The van der Waals surface area contributed by atoms with Crippen LogP contribution in [0.25, 0.3) is 0 Å². The summed E-state index contributed by atoms with van der Waals surface area (Å²) in [5, 5.41) is 0. The van der Waals surface area contributed by atoms with Gasteiger partial charge in [0.25, 0.3) is 0 Å². The van der Waals surface area contributed by atoms with Gasteiger partial charge in [0.05, 0.1) is 11.9 Å². The lowest BCUT2D eigenvalue weighted by molar-refractivity contribution is -0.118. The number of nitrogens with zero attached hydrogens (tertiary/aromatic N) is 2. The van der Waals surface area contributed by atoms with Gasteiger partial charge in [-0.05, 0) is 19.1 Å². The number of alkyl halides is 1. The van der Waals surface area contributed by atoms with Crippen molar-refractivity contribution in [3.05, 3.63) is 24.0 Å². The second kappa shape index (κ2) is 5.41. The van der Waals surface area contributed by atoms with E-state index in [1.54, 1.807) is 18.3 Å². The van der Waals surface area contributed by atoms with Crippen molar-refractivity contribution in [3.63, 3.8) is 0 Å². The summed E-state index contributed by atoms with van der Waals surface area (Å²) in [6.07, 6.45) is 1.55. The van der Waals surface area contributed by atoms with E-state index in [1.807, 2.05) is 6.92 Å². The molecule has 1 rings (SSSR count). The minimum absolute atomic E-state index is 0.101. The molecule has 5 heteroatoms. The van der Waals surface area contributed by atoms with Crippen molar-refractivity contribution in [1.82, 2.24) is 4.98 Å². The molecular weight excluding hydrogens is 199 g/mol. The zero-order valence-corrected chi connectivity index (χ0v) is 8.74. The van der Waals surface area contributed by atoms with E-state index in [0.29, 0.717) is 5.69 Å². The zero-order valence-electron chi connectivity index (χ0n) is 8.74. The van der Waals surface area contributed by atoms with Crippen LogP contribution in [0.4, 0.5) is 10.1 Å². The van der Waals surface area contributed by atoms with Crippen molar-refractivity contribution < 1.29 is 13.9 Å². The fourth-order valence-electron chi connectivity index (χ4n) is 1.09. The molecule has 1 aromatic heterocycles. The Labute approximate surface area is 87.7 Å². The molecule has 0 aliphatic carbocycles. The van der Waals surface area contributed by atoms with E-state index in [2.05, 4.69) is 9.72 Å². The van der Waals surface area contributed by atoms with Crippen molar-refractivity contribution >= 4 is 11.6 Å². The summed E-state index contributed by atoms with van der Waals surface area (Å²) in [6, 6.07) is 3.52. The molecule has 0 saturated heterocycles. The van der Waals surface area contributed by atoms with Gasteiger partial charge in [-0.3, -0.25) is 14.7 Å². The highest BCUT2D eigenvalue weighted by atomic mass is 19.1. The molecule has 0 bridgehead atoms. The van der Waals surface area contributed by atoms with Crippen molar-refractivity contribution in [2.45, 2.75) is 13.8 Å². The van der Waals surface area contributed by atoms with Gasteiger partial charge in [0, 0.05) is 12.6 Å². The fourth-order valence-corrected chi connectivity index (χ4v) is 1.09. The Kier molecular flexibility index (Phi) is 4.17. The van der Waals surface area contributed by atoms with E-state index in [4.69, 9.17) is 0 Å². The van der Waals surface area contributed by atoms with Gasteiger partial charge in [0.15, 0.2) is 6.86 Å². The first-order valence-corrected chi connectivity index (χ1v) is 4.49.